The Morgan fingerprint density at radius 3 is 2.60 bits per heavy atom. The molecule has 1 N–H and O–H groups in total. The van der Waals surface area contributed by atoms with Crippen molar-refractivity contribution in [2.45, 2.75) is 6.42 Å². The van der Waals surface area contributed by atoms with Gasteiger partial charge in [0.15, 0.2) is 0 Å². The van der Waals surface area contributed by atoms with Gasteiger partial charge in [-0.25, -0.2) is 19.9 Å². The van der Waals surface area contributed by atoms with Crippen molar-refractivity contribution in [2.24, 2.45) is 0 Å². The van der Waals surface area contributed by atoms with E-state index >= 15 is 0 Å². The van der Waals surface area contributed by atoms with Gasteiger partial charge >= 0.3 is 0 Å². The molecule has 5 aromatic rings. The van der Waals surface area contributed by atoms with Crippen LogP contribution in [0.4, 0.5) is 17.5 Å². The van der Waals surface area contributed by atoms with Gasteiger partial charge < -0.3 is 14.8 Å². The number of nitro groups is 1. The second kappa shape index (κ2) is 12.5. The molecule has 5 rings (SSSR count). The molecule has 0 fully saturated rings. The summed E-state index contributed by atoms with van der Waals surface area (Å²) in [6.07, 6.45) is 10.6. The third-order valence-electron chi connectivity index (χ3n) is 6.02. The molecule has 0 saturated carbocycles. The molecule has 1 aromatic carbocycles. The SMILES string of the molecule is O=[N+]([O-])c1ccc(NCCN(CCc2ccccn2)c2ncc(-n3ccnc3)c(-c3ccc(Cl)cc3Cl)n2)nc1. The Hall–Kier alpha value is -4.61. The third-order valence-corrected chi connectivity index (χ3v) is 6.57. The Bertz CT molecular complexity index is 1580. The molecule has 4 aromatic heterocycles. The van der Waals surface area contributed by atoms with Crippen LogP contribution in [0.2, 0.25) is 10.0 Å². The predicted molar refractivity (Wildman–Crippen MR) is 154 cm³/mol. The normalized spacial score (nSPS) is 10.8. The van der Waals surface area contributed by atoms with Crippen LogP contribution in [0, 0.1) is 10.1 Å². The van der Waals surface area contributed by atoms with Crippen LogP contribution in [0.25, 0.3) is 16.9 Å². The Balaban J connectivity index is 1.44. The fourth-order valence-electron chi connectivity index (χ4n) is 4.01. The molecule has 0 atom stereocenters. The largest absolute Gasteiger partial charge is 0.368 e. The molecule has 0 aliphatic heterocycles. The summed E-state index contributed by atoms with van der Waals surface area (Å²) in [6.45, 7) is 1.59. The summed E-state index contributed by atoms with van der Waals surface area (Å²) in [5.41, 5.74) is 2.91. The van der Waals surface area contributed by atoms with E-state index in [1.54, 1.807) is 43.1 Å². The molecule has 0 amide bonds. The smallest absolute Gasteiger partial charge is 0.287 e. The summed E-state index contributed by atoms with van der Waals surface area (Å²) < 4.78 is 1.82. The first-order valence-corrected chi connectivity index (χ1v) is 13.0. The molecular formula is C27H23Cl2N9O2. The van der Waals surface area contributed by atoms with Crippen LogP contribution in [-0.2, 0) is 6.42 Å². The van der Waals surface area contributed by atoms with E-state index in [0.717, 1.165) is 5.69 Å². The van der Waals surface area contributed by atoms with Crippen molar-refractivity contribution in [1.29, 1.82) is 0 Å². The number of hydrogen-bond acceptors (Lipinski definition) is 9. The van der Waals surface area contributed by atoms with Crippen LogP contribution < -0.4 is 10.2 Å². The standard InChI is InChI=1S/C27H23Cl2N9O2/c28-19-4-6-22(23(29)15-19)26-24(37-13-10-30-18-37)17-34-27(35-26)36(12-8-20-3-1-2-9-31-20)14-11-32-25-7-5-21(16-33-25)38(39)40/h1-7,9-10,13,15-18H,8,11-12,14H2,(H,32,33). The first kappa shape index (κ1) is 27.0. The van der Waals surface area contributed by atoms with Crippen LogP contribution in [0.3, 0.4) is 0 Å². The van der Waals surface area contributed by atoms with Gasteiger partial charge in [-0.05, 0) is 36.4 Å². The van der Waals surface area contributed by atoms with E-state index in [-0.39, 0.29) is 5.69 Å². The lowest BCUT2D eigenvalue weighted by Gasteiger charge is -2.24. The Morgan fingerprint density at radius 2 is 1.90 bits per heavy atom. The van der Waals surface area contributed by atoms with Gasteiger partial charge in [-0.2, -0.15) is 0 Å². The molecule has 0 spiro atoms. The van der Waals surface area contributed by atoms with Crippen LogP contribution in [-0.4, -0.2) is 54.0 Å². The van der Waals surface area contributed by atoms with Crippen molar-refractivity contribution in [1.82, 2.24) is 29.5 Å². The number of nitrogens with zero attached hydrogens (tertiary/aromatic N) is 8. The summed E-state index contributed by atoms with van der Waals surface area (Å²) in [6, 6.07) is 14.1. The average molecular weight is 576 g/mol. The molecule has 202 valence electrons. The lowest BCUT2D eigenvalue weighted by Crippen LogP contribution is -2.33. The number of halogens is 2. The fourth-order valence-corrected chi connectivity index (χ4v) is 4.51. The maximum atomic E-state index is 10.9. The summed E-state index contributed by atoms with van der Waals surface area (Å²) in [5.74, 6) is 1.03. The molecule has 11 nitrogen and oxygen atoms in total. The highest BCUT2D eigenvalue weighted by molar-refractivity contribution is 6.36. The van der Waals surface area contributed by atoms with Crippen molar-refractivity contribution in [3.05, 3.63) is 112 Å². The summed E-state index contributed by atoms with van der Waals surface area (Å²) in [4.78, 5) is 34.9. The van der Waals surface area contributed by atoms with Crippen LogP contribution >= 0.6 is 23.2 Å². The van der Waals surface area contributed by atoms with E-state index in [2.05, 4.69) is 20.3 Å². The molecule has 0 aliphatic carbocycles. The van der Waals surface area contributed by atoms with Gasteiger partial charge in [-0.15, -0.1) is 0 Å². The summed E-state index contributed by atoms with van der Waals surface area (Å²) >= 11 is 12.8. The highest BCUT2D eigenvalue weighted by Gasteiger charge is 2.18. The Kier molecular flexibility index (Phi) is 8.43. The number of hydrogen-bond donors (Lipinski definition) is 1. The van der Waals surface area contributed by atoms with E-state index < -0.39 is 4.92 Å². The van der Waals surface area contributed by atoms with Gasteiger partial charge in [0.25, 0.3) is 5.69 Å². The lowest BCUT2D eigenvalue weighted by atomic mass is 10.1. The molecule has 0 aliphatic rings. The van der Waals surface area contributed by atoms with Crippen molar-refractivity contribution < 1.29 is 4.92 Å². The van der Waals surface area contributed by atoms with E-state index in [4.69, 9.17) is 33.2 Å². The first-order chi connectivity index (χ1) is 19.5. The number of rotatable bonds is 11. The summed E-state index contributed by atoms with van der Waals surface area (Å²) in [5, 5.41) is 15.1. The number of pyridine rings is 2. The Labute approximate surface area is 239 Å². The molecule has 0 bridgehead atoms. The highest BCUT2D eigenvalue weighted by atomic mass is 35.5. The van der Waals surface area contributed by atoms with Crippen LogP contribution in [0.1, 0.15) is 5.69 Å². The van der Waals surface area contributed by atoms with Gasteiger partial charge in [0, 0.05) is 67.0 Å². The number of imidazole rings is 1. The zero-order valence-corrected chi connectivity index (χ0v) is 22.6. The van der Waals surface area contributed by atoms with Gasteiger partial charge in [-0.1, -0.05) is 29.3 Å². The zero-order valence-electron chi connectivity index (χ0n) is 21.1. The second-order valence-corrected chi connectivity index (χ2v) is 9.49. The highest BCUT2D eigenvalue weighted by Crippen LogP contribution is 2.33. The second-order valence-electron chi connectivity index (χ2n) is 8.64. The van der Waals surface area contributed by atoms with Crippen molar-refractivity contribution in [3.8, 4) is 16.9 Å². The van der Waals surface area contributed by atoms with Crippen LogP contribution in [0.15, 0.2) is 85.8 Å². The van der Waals surface area contributed by atoms with Gasteiger partial charge in [0.2, 0.25) is 5.95 Å². The zero-order chi connectivity index (χ0) is 27.9. The Morgan fingerprint density at radius 1 is 1.00 bits per heavy atom. The molecule has 13 heteroatoms. The maximum absolute atomic E-state index is 10.9. The minimum atomic E-state index is -0.481. The molecule has 0 saturated heterocycles. The number of benzene rings is 1. The first-order valence-electron chi connectivity index (χ1n) is 12.3. The molecule has 0 radical (unpaired) electrons. The predicted octanol–water partition coefficient (Wildman–Crippen LogP) is 5.50. The molecule has 4 heterocycles. The van der Waals surface area contributed by atoms with Gasteiger partial charge in [0.1, 0.15) is 17.7 Å². The van der Waals surface area contributed by atoms with E-state index in [0.29, 0.717) is 64.8 Å². The van der Waals surface area contributed by atoms with Crippen molar-refractivity contribution >= 4 is 40.7 Å². The average Bonchev–Trinajstić information content (AvgIpc) is 3.50. The number of aromatic nitrogens is 6. The quantitative estimate of drug-likeness (QED) is 0.160. The maximum Gasteiger partial charge on any atom is 0.287 e. The lowest BCUT2D eigenvalue weighted by molar-refractivity contribution is -0.385. The molecule has 40 heavy (non-hydrogen) atoms. The van der Waals surface area contributed by atoms with Crippen LogP contribution in [0.5, 0.6) is 0 Å². The summed E-state index contributed by atoms with van der Waals surface area (Å²) in [7, 11) is 0. The monoisotopic (exact) mass is 575 g/mol. The fraction of sp³-hybridized carbons (Fsp3) is 0.148. The molecular weight excluding hydrogens is 553 g/mol. The minimum absolute atomic E-state index is 0.0673. The van der Waals surface area contributed by atoms with Crippen molar-refractivity contribution in [2.75, 3.05) is 29.9 Å². The number of nitrogens with one attached hydrogen (secondary N) is 1. The van der Waals surface area contributed by atoms with E-state index in [1.807, 2.05) is 39.9 Å². The van der Waals surface area contributed by atoms with Gasteiger partial charge in [-0.3, -0.25) is 15.1 Å². The van der Waals surface area contributed by atoms with Crippen molar-refractivity contribution in [3.63, 3.8) is 0 Å². The van der Waals surface area contributed by atoms with E-state index in [9.17, 15) is 10.1 Å². The van der Waals surface area contributed by atoms with Gasteiger partial charge in [0.05, 0.1) is 28.2 Å². The number of anilines is 2. The third kappa shape index (κ3) is 6.50. The minimum Gasteiger partial charge on any atom is -0.368 e. The van der Waals surface area contributed by atoms with E-state index in [1.165, 1.54) is 12.3 Å². The topological polar surface area (TPSA) is 128 Å². The molecule has 0 unspecified atom stereocenters.